The molecule has 100 valence electrons. The highest BCUT2D eigenvalue weighted by molar-refractivity contribution is 5.87. The fourth-order valence-electron chi connectivity index (χ4n) is 1.16. The van der Waals surface area contributed by atoms with Gasteiger partial charge < -0.3 is 21.5 Å². The molecule has 0 aliphatic carbocycles. The van der Waals surface area contributed by atoms with Gasteiger partial charge in [-0.05, 0) is 12.8 Å². The van der Waals surface area contributed by atoms with Crippen molar-refractivity contribution in [3.8, 4) is 12.3 Å². The lowest BCUT2D eigenvalue weighted by molar-refractivity contribution is -0.140. The number of hydrogen-bond acceptors (Lipinski definition) is 3. The zero-order valence-electron chi connectivity index (χ0n) is 9.94. The number of terminal acetylenes is 1. The highest BCUT2D eigenvalue weighted by Crippen LogP contribution is 1.93. The van der Waals surface area contributed by atoms with E-state index in [9.17, 15) is 14.4 Å². The zero-order chi connectivity index (χ0) is 14.0. The normalized spacial score (nSPS) is 11.1. The van der Waals surface area contributed by atoms with E-state index in [1.54, 1.807) is 0 Å². The molecule has 7 heteroatoms. The summed E-state index contributed by atoms with van der Waals surface area (Å²) < 4.78 is 0. The number of primary amides is 1. The van der Waals surface area contributed by atoms with E-state index in [0.29, 0.717) is 19.4 Å². The van der Waals surface area contributed by atoms with Gasteiger partial charge >= 0.3 is 12.0 Å². The number of aliphatic carboxylic acids is 1. The summed E-state index contributed by atoms with van der Waals surface area (Å²) in [6.07, 6.45) is 6.72. The van der Waals surface area contributed by atoms with Crippen molar-refractivity contribution in [2.24, 2.45) is 5.73 Å². The van der Waals surface area contributed by atoms with Gasteiger partial charge in [-0.1, -0.05) is 0 Å². The number of nitrogens with two attached hydrogens (primary N) is 1. The van der Waals surface area contributed by atoms with Crippen molar-refractivity contribution >= 4 is 17.9 Å². The fraction of sp³-hybridized carbons (Fsp3) is 0.545. The number of carbonyl (C=O) groups is 3. The Kier molecular flexibility index (Phi) is 7.77. The Bertz CT molecular complexity index is 349. The Labute approximate surface area is 105 Å². The van der Waals surface area contributed by atoms with Crippen LogP contribution in [0.5, 0.6) is 0 Å². The molecule has 3 amide bonds. The zero-order valence-corrected chi connectivity index (χ0v) is 9.94. The number of urea groups is 1. The molecule has 0 aliphatic rings. The minimum atomic E-state index is -1.31. The fourth-order valence-corrected chi connectivity index (χ4v) is 1.16. The van der Waals surface area contributed by atoms with E-state index in [4.69, 9.17) is 17.3 Å². The first kappa shape index (κ1) is 15.8. The second-order valence-electron chi connectivity index (χ2n) is 3.62. The maximum absolute atomic E-state index is 11.3. The van der Waals surface area contributed by atoms with E-state index in [1.807, 2.05) is 0 Å². The third kappa shape index (κ3) is 7.98. The SMILES string of the molecule is C#CCCCCNC(=O)N[C@H](CC(N)=O)C(=O)O. The average Bonchev–Trinajstić information content (AvgIpc) is 2.27. The summed E-state index contributed by atoms with van der Waals surface area (Å²) in [4.78, 5) is 32.6. The number of amides is 3. The molecule has 0 fully saturated rings. The number of nitrogens with one attached hydrogen (secondary N) is 2. The maximum atomic E-state index is 11.3. The number of carboxylic acid groups (broad SMARTS) is 1. The second kappa shape index (κ2) is 8.87. The van der Waals surface area contributed by atoms with Crippen LogP contribution in [0.2, 0.25) is 0 Å². The highest BCUT2D eigenvalue weighted by atomic mass is 16.4. The van der Waals surface area contributed by atoms with Crippen LogP contribution in [0, 0.1) is 12.3 Å². The third-order valence-corrected chi connectivity index (χ3v) is 2.04. The molecule has 1 atom stereocenters. The van der Waals surface area contributed by atoms with Gasteiger partial charge in [0.25, 0.3) is 0 Å². The summed E-state index contributed by atoms with van der Waals surface area (Å²) in [6.45, 7) is 0.385. The van der Waals surface area contributed by atoms with Crippen LogP contribution in [0.4, 0.5) is 4.79 Å². The molecule has 0 unspecified atom stereocenters. The molecule has 0 saturated heterocycles. The van der Waals surface area contributed by atoms with Gasteiger partial charge in [-0.2, -0.15) is 0 Å². The molecule has 0 bridgehead atoms. The molecule has 0 heterocycles. The summed E-state index contributed by atoms with van der Waals surface area (Å²) in [6, 6.07) is -1.96. The van der Waals surface area contributed by atoms with E-state index >= 15 is 0 Å². The molecular weight excluding hydrogens is 238 g/mol. The van der Waals surface area contributed by atoms with Gasteiger partial charge in [-0.15, -0.1) is 12.3 Å². The van der Waals surface area contributed by atoms with Gasteiger partial charge in [0.1, 0.15) is 6.04 Å². The van der Waals surface area contributed by atoms with Crippen molar-refractivity contribution in [3.63, 3.8) is 0 Å². The molecule has 7 nitrogen and oxygen atoms in total. The number of hydrogen-bond donors (Lipinski definition) is 4. The van der Waals surface area contributed by atoms with Crippen LogP contribution >= 0.6 is 0 Å². The number of carbonyl (C=O) groups excluding carboxylic acids is 2. The van der Waals surface area contributed by atoms with E-state index in [0.717, 1.165) is 6.42 Å². The number of unbranched alkanes of at least 4 members (excludes halogenated alkanes) is 2. The maximum Gasteiger partial charge on any atom is 0.326 e. The molecule has 0 aromatic carbocycles. The van der Waals surface area contributed by atoms with Crippen LogP contribution in [0.25, 0.3) is 0 Å². The Morgan fingerprint density at radius 2 is 2.00 bits per heavy atom. The standard InChI is InChI=1S/C11H17N3O4/c1-2-3-4-5-6-13-11(18)14-8(10(16)17)7-9(12)15/h1,8H,3-7H2,(H2,12,15)(H,16,17)(H2,13,14,18)/t8-/m1/s1. The van der Waals surface area contributed by atoms with Gasteiger partial charge in [0.05, 0.1) is 6.42 Å². The molecule has 5 N–H and O–H groups in total. The van der Waals surface area contributed by atoms with Crippen molar-refractivity contribution in [1.29, 1.82) is 0 Å². The van der Waals surface area contributed by atoms with Crippen LogP contribution < -0.4 is 16.4 Å². The van der Waals surface area contributed by atoms with E-state index in [-0.39, 0.29) is 0 Å². The van der Waals surface area contributed by atoms with Crippen LogP contribution in [0.1, 0.15) is 25.7 Å². The first-order valence-electron chi connectivity index (χ1n) is 5.46. The first-order valence-corrected chi connectivity index (χ1v) is 5.46. The smallest absolute Gasteiger partial charge is 0.326 e. The quantitative estimate of drug-likeness (QED) is 0.342. The highest BCUT2D eigenvalue weighted by Gasteiger charge is 2.21. The molecule has 0 aromatic heterocycles. The minimum Gasteiger partial charge on any atom is -0.480 e. The Balaban J connectivity index is 3.92. The molecule has 0 saturated carbocycles. The summed E-state index contributed by atoms with van der Waals surface area (Å²) in [5.41, 5.74) is 4.87. The van der Waals surface area contributed by atoms with Crippen LogP contribution in [-0.4, -0.2) is 35.6 Å². The van der Waals surface area contributed by atoms with Gasteiger partial charge in [0.15, 0.2) is 0 Å². The van der Waals surface area contributed by atoms with E-state index < -0.39 is 30.4 Å². The second-order valence-corrected chi connectivity index (χ2v) is 3.62. The lowest BCUT2D eigenvalue weighted by atomic mass is 10.2. The van der Waals surface area contributed by atoms with Crippen molar-refractivity contribution in [3.05, 3.63) is 0 Å². The lowest BCUT2D eigenvalue weighted by Crippen LogP contribution is -2.47. The topological polar surface area (TPSA) is 122 Å². The average molecular weight is 255 g/mol. The van der Waals surface area contributed by atoms with Crippen LogP contribution in [0.3, 0.4) is 0 Å². The molecule has 0 radical (unpaired) electrons. The summed E-state index contributed by atoms with van der Waals surface area (Å²) in [7, 11) is 0. The summed E-state index contributed by atoms with van der Waals surface area (Å²) in [5.74, 6) is 0.363. The Morgan fingerprint density at radius 3 is 2.50 bits per heavy atom. The van der Waals surface area contributed by atoms with Crippen molar-refractivity contribution < 1.29 is 19.5 Å². The minimum absolute atomic E-state index is 0.385. The Hall–Kier alpha value is -2.23. The van der Waals surface area contributed by atoms with E-state index in [1.165, 1.54) is 0 Å². The van der Waals surface area contributed by atoms with Gasteiger partial charge in [0, 0.05) is 13.0 Å². The lowest BCUT2D eigenvalue weighted by Gasteiger charge is -2.13. The third-order valence-electron chi connectivity index (χ3n) is 2.04. The molecule has 0 rings (SSSR count). The van der Waals surface area contributed by atoms with Crippen molar-refractivity contribution in [2.45, 2.75) is 31.7 Å². The largest absolute Gasteiger partial charge is 0.480 e. The number of carboxylic acids is 1. The van der Waals surface area contributed by atoms with E-state index in [2.05, 4.69) is 16.6 Å². The first-order chi connectivity index (χ1) is 8.47. The summed E-state index contributed by atoms with van der Waals surface area (Å²) >= 11 is 0. The van der Waals surface area contributed by atoms with Crippen LogP contribution in [-0.2, 0) is 9.59 Å². The predicted octanol–water partition coefficient (Wildman–Crippen LogP) is -0.582. The molecule has 18 heavy (non-hydrogen) atoms. The molecule has 0 aliphatic heterocycles. The van der Waals surface area contributed by atoms with Gasteiger partial charge in [0.2, 0.25) is 5.91 Å². The van der Waals surface area contributed by atoms with Gasteiger partial charge in [-0.3, -0.25) is 4.79 Å². The van der Waals surface area contributed by atoms with Crippen molar-refractivity contribution in [2.75, 3.05) is 6.54 Å². The molecular formula is C11H17N3O4. The van der Waals surface area contributed by atoms with Crippen LogP contribution in [0.15, 0.2) is 0 Å². The van der Waals surface area contributed by atoms with Crippen molar-refractivity contribution in [1.82, 2.24) is 10.6 Å². The molecule has 0 spiro atoms. The predicted molar refractivity (Wildman–Crippen MR) is 64.5 cm³/mol. The Morgan fingerprint density at radius 1 is 1.33 bits per heavy atom. The monoisotopic (exact) mass is 255 g/mol. The summed E-state index contributed by atoms with van der Waals surface area (Å²) in [5, 5.41) is 13.4. The molecule has 0 aromatic rings. The number of rotatable bonds is 8. The van der Waals surface area contributed by atoms with Gasteiger partial charge in [-0.25, -0.2) is 9.59 Å².